The number of unbranched alkanes of at least 4 members (excludes halogenated alkanes) is 1. The zero-order valence-corrected chi connectivity index (χ0v) is 15.8. The lowest BCUT2D eigenvalue weighted by Crippen LogP contribution is -2.31. The highest BCUT2D eigenvalue weighted by Crippen LogP contribution is 2.06. The maximum Gasteiger partial charge on any atom is 0.407 e. The molecular formula is C17H25N3O8. The zero-order valence-electron chi connectivity index (χ0n) is 15.8. The van der Waals surface area contributed by atoms with Crippen molar-refractivity contribution in [3.8, 4) is 0 Å². The molecule has 0 saturated carbocycles. The van der Waals surface area contributed by atoms with Gasteiger partial charge in [0, 0.05) is 0 Å². The number of esters is 1. The van der Waals surface area contributed by atoms with Crippen molar-refractivity contribution in [3.63, 3.8) is 0 Å². The second kappa shape index (κ2) is 17.6. The molecule has 0 heterocycles. The van der Waals surface area contributed by atoms with E-state index in [1.54, 1.807) is 6.92 Å². The Hall–Kier alpha value is -2.84. The molecule has 11 nitrogen and oxygen atoms in total. The van der Waals surface area contributed by atoms with Crippen molar-refractivity contribution in [2.45, 2.75) is 32.2 Å². The minimum atomic E-state index is -0.985. The summed E-state index contributed by atoms with van der Waals surface area (Å²) in [5, 5.41) is 2.38. The molecule has 0 radical (unpaired) electrons. The van der Waals surface area contributed by atoms with Crippen molar-refractivity contribution in [3.05, 3.63) is 12.2 Å². The van der Waals surface area contributed by atoms with Crippen LogP contribution in [0.1, 0.15) is 26.2 Å². The maximum atomic E-state index is 11.9. The van der Waals surface area contributed by atoms with E-state index in [-0.39, 0.29) is 45.9 Å². The first kappa shape index (κ1) is 25.2. The van der Waals surface area contributed by atoms with Crippen LogP contribution in [0.5, 0.6) is 0 Å². The van der Waals surface area contributed by atoms with Crippen LogP contribution >= 0.6 is 0 Å². The van der Waals surface area contributed by atoms with Gasteiger partial charge in [0.05, 0.1) is 13.1 Å². The molecule has 1 unspecified atom stereocenters. The lowest BCUT2D eigenvalue weighted by Gasteiger charge is -2.11. The molecule has 28 heavy (non-hydrogen) atoms. The molecule has 11 heteroatoms. The Bertz CT molecular complexity index is 583. The summed E-state index contributed by atoms with van der Waals surface area (Å²) < 4.78 is 9.75. The van der Waals surface area contributed by atoms with E-state index >= 15 is 0 Å². The molecule has 1 amide bonds. The Morgan fingerprint density at radius 2 is 1.86 bits per heavy atom. The number of hydrogen-bond acceptors (Lipinski definition) is 10. The first-order valence-corrected chi connectivity index (χ1v) is 8.58. The second-order valence-corrected chi connectivity index (χ2v) is 5.48. The Kier molecular flexibility index (Phi) is 15.8. The molecule has 0 spiro atoms. The van der Waals surface area contributed by atoms with Crippen LogP contribution in [-0.2, 0) is 33.6 Å². The smallest absolute Gasteiger partial charge is 0.407 e. The second-order valence-electron chi connectivity index (χ2n) is 5.48. The first-order valence-electron chi connectivity index (χ1n) is 8.58. The summed E-state index contributed by atoms with van der Waals surface area (Å²) in [6, 6.07) is -0.985. The molecule has 1 atom stereocenters. The summed E-state index contributed by atoms with van der Waals surface area (Å²) in [6.45, 7) is 5.87. The van der Waals surface area contributed by atoms with E-state index < -0.39 is 18.1 Å². The molecule has 0 aromatic rings. The predicted molar refractivity (Wildman–Crippen MR) is 95.8 cm³/mol. The van der Waals surface area contributed by atoms with Crippen molar-refractivity contribution in [2.75, 3.05) is 39.5 Å². The highest BCUT2D eigenvalue weighted by Gasteiger charge is 2.18. The molecule has 0 aromatic heterocycles. The van der Waals surface area contributed by atoms with E-state index in [9.17, 15) is 19.2 Å². The lowest BCUT2D eigenvalue weighted by atomic mass is 10.1. The van der Waals surface area contributed by atoms with E-state index in [2.05, 4.69) is 21.9 Å². The van der Waals surface area contributed by atoms with Gasteiger partial charge in [0.1, 0.15) is 26.4 Å². The fraction of sp³-hybridized carbons (Fsp3) is 0.647. The van der Waals surface area contributed by atoms with E-state index in [0.717, 1.165) is 5.57 Å². The average Bonchev–Trinajstić information content (AvgIpc) is 2.66. The maximum absolute atomic E-state index is 11.9. The highest BCUT2D eigenvalue weighted by molar-refractivity contribution is 5.77. The fourth-order valence-electron chi connectivity index (χ4n) is 1.69. The number of ether oxygens (including phenoxy) is 2. The third-order valence-corrected chi connectivity index (χ3v) is 2.95. The number of rotatable bonds is 16. The van der Waals surface area contributed by atoms with E-state index in [4.69, 9.17) is 19.2 Å². The third-order valence-electron chi connectivity index (χ3n) is 2.95. The van der Waals surface area contributed by atoms with Gasteiger partial charge in [0.15, 0.2) is 6.04 Å². The average molecular weight is 399 g/mol. The number of alkyl carbamates (subject to hydrolysis) is 1. The zero-order chi connectivity index (χ0) is 21.0. The third kappa shape index (κ3) is 15.4. The normalized spacial score (nSPS) is 10.8. The van der Waals surface area contributed by atoms with Gasteiger partial charge in [-0.1, -0.05) is 12.2 Å². The first-order chi connectivity index (χ1) is 13.5. The molecule has 0 rings (SSSR count). The number of nitrogens with zero attached hydrogens (tertiary/aromatic N) is 2. The largest absolute Gasteiger partial charge is 0.462 e. The summed E-state index contributed by atoms with van der Waals surface area (Å²) in [5.74, 6) is -0.708. The molecule has 0 bridgehead atoms. The van der Waals surface area contributed by atoms with Crippen molar-refractivity contribution in [1.82, 2.24) is 5.32 Å². The number of isocyanates is 2. The molecule has 0 aliphatic heterocycles. The van der Waals surface area contributed by atoms with Crippen molar-refractivity contribution in [1.29, 1.82) is 0 Å². The number of hydrogen-bond donors (Lipinski definition) is 1. The van der Waals surface area contributed by atoms with E-state index in [1.807, 2.05) is 0 Å². The molecular weight excluding hydrogens is 374 g/mol. The Morgan fingerprint density at radius 3 is 2.54 bits per heavy atom. The van der Waals surface area contributed by atoms with Gasteiger partial charge in [-0.2, -0.15) is 4.99 Å². The highest BCUT2D eigenvalue weighted by atomic mass is 17.2. The monoisotopic (exact) mass is 399 g/mol. The van der Waals surface area contributed by atoms with Gasteiger partial charge in [0.2, 0.25) is 12.2 Å². The summed E-state index contributed by atoms with van der Waals surface area (Å²) in [7, 11) is 0. The summed E-state index contributed by atoms with van der Waals surface area (Å²) in [5.41, 5.74) is 0.793. The van der Waals surface area contributed by atoms with E-state index in [0.29, 0.717) is 12.8 Å². The molecule has 0 fully saturated rings. The van der Waals surface area contributed by atoms with Crippen molar-refractivity contribution < 1.29 is 38.4 Å². The Balaban J connectivity index is 3.85. The summed E-state index contributed by atoms with van der Waals surface area (Å²) in [4.78, 5) is 59.9. The SMILES string of the molecule is C=C(C)COOCCOC(=O)NCCOC(=O)C(CCCCN=C=O)N=C=O. The van der Waals surface area contributed by atoms with Gasteiger partial charge < -0.3 is 14.8 Å². The fourth-order valence-corrected chi connectivity index (χ4v) is 1.69. The Morgan fingerprint density at radius 1 is 1.07 bits per heavy atom. The van der Waals surface area contributed by atoms with Crippen LogP contribution in [0.3, 0.4) is 0 Å². The van der Waals surface area contributed by atoms with E-state index in [1.165, 1.54) is 12.2 Å². The van der Waals surface area contributed by atoms with Crippen LogP contribution in [-0.4, -0.2) is 69.8 Å². The topological polar surface area (TPSA) is 142 Å². The molecule has 1 N–H and O–H groups in total. The quantitative estimate of drug-likeness (QED) is 0.0770. The number of carbonyl (C=O) groups is 2. The molecule has 0 aliphatic carbocycles. The number of carbonyl (C=O) groups excluding carboxylic acids is 4. The minimum absolute atomic E-state index is 0.0170. The standard InChI is InChI=1S/C17H25N3O8/c1-14(2)11-28-27-10-9-26-17(24)19-7-8-25-16(23)15(20-13-22)5-3-4-6-18-12-21/h15H,1,3-11H2,2H3,(H,19,24). The van der Waals surface area contributed by atoms with Gasteiger partial charge in [-0.05, 0) is 26.2 Å². The van der Waals surface area contributed by atoms with Gasteiger partial charge in [-0.25, -0.2) is 33.9 Å². The molecule has 0 aromatic carbocycles. The van der Waals surface area contributed by atoms with Crippen LogP contribution in [0, 0.1) is 0 Å². The van der Waals surface area contributed by atoms with Crippen LogP contribution in [0.25, 0.3) is 0 Å². The minimum Gasteiger partial charge on any atom is -0.462 e. The van der Waals surface area contributed by atoms with Crippen LogP contribution in [0.2, 0.25) is 0 Å². The van der Waals surface area contributed by atoms with Crippen LogP contribution in [0.15, 0.2) is 22.1 Å². The van der Waals surface area contributed by atoms with Gasteiger partial charge in [0.25, 0.3) is 0 Å². The Labute approximate surface area is 162 Å². The molecule has 0 aliphatic rings. The molecule has 0 saturated heterocycles. The van der Waals surface area contributed by atoms with Crippen LogP contribution < -0.4 is 5.32 Å². The molecule has 156 valence electrons. The number of nitrogens with one attached hydrogen (secondary N) is 1. The van der Waals surface area contributed by atoms with Gasteiger partial charge >= 0.3 is 12.1 Å². The summed E-state index contributed by atoms with van der Waals surface area (Å²) >= 11 is 0. The van der Waals surface area contributed by atoms with Gasteiger partial charge in [-0.3, -0.25) is 0 Å². The predicted octanol–water partition coefficient (Wildman–Crippen LogP) is 0.991. The van der Waals surface area contributed by atoms with Crippen LogP contribution in [0.4, 0.5) is 4.79 Å². The number of aliphatic imine (C=N–C) groups is 2. The summed E-state index contributed by atoms with van der Waals surface area (Å²) in [6.07, 6.45) is 3.34. The lowest BCUT2D eigenvalue weighted by molar-refractivity contribution is -0.290. The van der Waals surface area contributed by atoms with Crippen molar-refractivity contribution in [2.24, 2.45) is 9.98 Å². The van der Waals surface area contributed by atoms with Gasteiger partial charge in [-0.15, -0.1) is 0 Å². The van der Waals surface area contributed by atoms with Crippen molar-refractivity contribution >= 4 is 24.2 Å². The number of amides is 1.